The minimum Gasteiger partial charge on any atom is -0.352 e. The van der Waals surface area contributed by atoms with Crippen molar-refractivity contribution in [2.24, 2.45) is 5.92 Å². The summed E-state index contributed by atoms with van der Waals surface area (Å²) in [5.41, 5.74) is 0. The summed E-state index contributed by atoms with van der Waals surface area (Å²) < 4.78 is 0. The first-order valence-electron chi connectivity index (χ1n) is 6.81. The summed E-state index contributed by atoms with van der Waals surface area (Å²) in [5, 5.41) is 6.44. The van der Waals surface area contributed by atoms with Gasteiger partial charge in [0.1, 0.15) is 0 Å². The first kappa shape index (κ1) is 11.9. The van der Waals surface area contributed by atoms with Crippen LogP contribution in [0.1, 0.15) is 51.9 Å². The normalized spacial score (nSPS) is 28.9. The van der Waals surface area contributed by atoms with Crippen molar-refractivity contribution in [3.63, 3.8) is 0 Å². The maximum absolute atomic E-state index is 11.9. The third-order valence-electron chi connectivity index (χ3n) is 4.10. The second-order valence-corrected chi connectivity index (χ2v) is 5.34. The Morgan fingerprint density at radius 2 is 1.94 bits per heavy atom. The van der Waals surface area contributed by atoms with E-state index >= 15 is 0 Å². The van der Waals surface area contributed by atoms with E-state index in [-0.39, 0.29) is 11.9 Å². The van der Waals surface area contributed by atoms with Gasteiger partial charge in [-0.1, -0.05) is 19.3 Å². The van der Waals surface area contributed by atoms with Crippen molar-refractivity contribution in [3.05, 3.63) is 0 Å². The van der Waals surface area contributed by atoms with Crippen LogP contribution in [0.5, 0.6) is 0 Å². The quantitative estimate of drug-likeness (QED) is 0.768. The summed E-state index contributed by atoms with van der Waals surface area (Å²) in [4.78, 5) is 11.9. The minimum absolute atomic E-state index is 0.0750. The van der Waals surface area contributed by atoms with Crippen molar-refractivity contribution in [1.82, 2.24) is 10.6 Å². The van der Waals surface area contributed by atoms with E-state index in [4.69, 9.17) is 0 Å². The van der Waals surface area contributed by atoms with Gasteiger partial charge in [-0.15, -0.1) is 0 Å². The van der Waals surface area contributed by atoms with Crippen LogP contribution in [0.25, 0.3) is 0 Å². The Morgan fingerprint density at radius 1 is 1.19 bits per heavy atom. The summed E-state index contributed by atoms with van der Waals surface area (Å²) >= 11 is 0. The molecule has 16 heavy (non-hydrogen) atoms. The van der Waals surface area contributed by atoms with Gasteiger partial charge in [0, 0.05) is 6.04 Å². The van der Waals surface area contributed by atoms with Crippen LogP contribution in [0.4, 0.5) is 0 Å². The molecule has 0 spiro atoms. The highest BCUT2D eigenvalue weighted by Gasteiger charge is 2.26. The van der Waals surface area contributed by atoms with Crippen molar-refractivity contribution < 1.29 is 4.79 Å². The van der Waals surface area contributed by atoms with Gasteiger partial charge < -0.3 is 10.6 Å². The average molecular weight is 224 g/mol. The SMILES string of the molecule is C[C@@H](NC(=O)C1CCCN1)C1CCCCC1. The summed E-state index contributed by atoms with van der Waals surface area (Å²) in [6.45, 7) is 3.17. The Kier molecular flexibility index (Phi) is 4.22. The molecular formula is C13H24N2O. The van der Waals surface area contributed by atoms with Gasteiger partial charge in [0.05, 0.1) is 6.04 Å². The number of carbonyl (C=O) groups excluding carboxylic acids is 1. The molecule has 2 aliphatic rings. The summed E-state index contributed by atoms with van der Waals surface area (Å²) in [7, 11) is 0. The van der Waals surface area contributed by atoms with Gasteiger partial charge >= 0.3 is 0 Å². The molecule has 2 rings (SSSR count). The summed E-state index contributed by atoms with van der Waals surface area (Å²) in [6.07, 6.45) is 8.78. The fourth-order valence-electron chi connectivity index (χ4n) is 2.99. The number of amides is 1. The highest BCUT2D eigenvalue weighted by atomic mass is 16.2. The molecule has 92 valence electrons. The molecule has 3 heteroatoms. The Balaban J connectivity index is 1.76. The molecule has 1 unspecified atom stereocenters. The zero-order valence-corrected chi connectivity index (χ0v) is 10.3. The lowest BCUT2D eigenvalue weighted by molar-refractivity contribution is -0.123. The van der Waals surface area contributed by atoms with Crippen LogP contribution < -0.4 is 10.6 Å². The minimum atomic E-state index is 0.0750. The van der Waals surface area contributed by atoms with Crippen LogP contribution in [0.2, 0.25) is 0 Å². The van der Waals surface area contributed by atoms with Crippen molar-refractivity contribution in [1.29, 1.82) is 0 Å². The molecule has 2 fully saturated rings. The predicted molar refractivity (Wildman–Crippen MR) is 65.2 cm³/mol. The number of carbonyl (C=O) groups is 1. The standard InChI is InChI=1S/C13H24N2O/c1-10(11-6-3-2-4-7-11)15-13(16)12-8-5-9-14-12/h10-12,14H,2-9H2,1H3,(H,15,16)/t10-,12?/m1/s1. The van der Waals surface area contributed by atoms with E-state index in [0.717, 1.165) is 19.4 Å². The molecule has 2 N–H and O–H groups in total. The second-order valence-electron chi connectivity index (χ2n) is 5.34. The van der Waals surface area contributed by atoms with Crippen LogP contribution in [-0.4, -0.2) is 24.5 Å². The Bertz CT molecular complexity index is 230. The molecule has 1 aliphatic heterocycles. The number of nitrogens with one attached hydrogen (secondary N) is 2. The molecule has 1 saturated heterocycles. The third kappa shape index (κ3) is 2.97. The highest BCUT2D eigenvalue weighted by molar-refractivity contribution is 5.82. The fraction of sp³-hybridized carbons (Fsp3) is 0.923. The zero-order chi connectivity index (χ0) is 11.4. The monoisotopic (exact) mass is 224 g/mol. The Hall–Kier alpha value is -0.570. The van der Waals surface area contributed by atoms with Crippen molar-refractivity contribution in [2.75, 3.05) is 6.54 Å². The van der Waals surface area contributed by atoms with E-state index in [9.17, 15) is 4.79 Å². The van der Waals surface area contributed by atoms with Gasteiger partial charge in [0.2, 0.25) is 5.91 Å². The van der Waals surface area contributed by atoms with Gasteiger partial charge in [-0.25, -0.2) is 0 Å². The lowest BCUT2D eigenvalue weighted by Crippen LogP contribution is -2.46. The predicted octanol–water partition coefficient (Wildman–Crippen LogP) is 1.82. The van der Waals surface area contributed by atoms with Gasteiger partial charge in [0.15, 0.2) is 0 Å². The molecule has 0 aromatic carbocycles. The first-order valence-corrected chi connectivity index (χ1v) is 6.81. The van der Waals surface area contributed by atoms with Crippen LogP contribution in [0, 0.1) is 5.92 Å². The smallest absolute Gasteiger partial charge is 0.237 e. The van der Waals surface area contributed by atoms with Gasteiger partial charge in [-0.2, -0.15) is 0 Å². The zero-order valence-electron chi connectivity index (χ0n) is 10.3. The number of rotatable bonds is 3. The first-order chi connectivity index (χ1) is 7.77. The van der Waals surface area contributed by atoms with Crippen molar-refractivity contribution >= 4 is 5.91 Å². The maximum atomic E-state index is 11.9. The largest absolute Gasteiger partial charge is 0.352 e. The van der Waals surface area contributed by atoms with E-state index < -0.39 is 0 Å². The lowest BCUT2D eigenvalue weighted by Gasteiger charge is -2.29. The van der Waals surface area contributed by atoms with E-state index in [1.165, 1.54) is 32.1 Å². The topological polar surface area (TPSA) is 41.1 Å². The molecule has 3 nitrogen and oxygen atoms in total. The van der Waals surface area contributed by atoms with Crippen LogP contribution in [0.3, 0.4) is 0 Å². The molecule has 0 bridgehead atoms. The molecule has 2 atom stereocenters. The molecule has 0 aromatic heterocycles. The molecule has 1 saturated carbocycles. The van der Waals surface area contributed by atoms with Crippen molar-refractivity contribution in [2.45, 2.75) is 64.0 Å². The average Bonchev–Trinajstić information content (AvgIpc) is 2.83. The van der Waals surface area contributed by atoms with Crippen LogP contribution >= 0.6 is 0 Å². The Morgan fingerprint density at radius 3 is 2.56 bits per heavy atom. The molecule has 0 aromatic rings. The molecular weight excluding hydrogens is 200 g/mol. The number of hydrogen-bond acceptors (Lipinski definition) is 2. The van der Waals surface area contributed by atoms with Crippen LogP contribution in [-0.2, 0) is 4.79 Å². The molecule has 1 heterocycles. The number of hydrogen-bond donors (Lipinski definition) is 2. The molecule has 1 aliphatic carbocycles. The van der Waals surface area contributed by atoms with Gasteiger partial charge in [-0.05, 0) is 45.1 Å². The molecule has 1 amide bonds. The van der Waals surface area contributed by atoms with Crippen molar-refractivity contribution in [3.8, 4) is 0 Å². The summed E-state index contributed by atoms with van der Waals surface area (Å²) in [6, 6.07) is 0.432. The lowest BCUT2D eigenvalue weighted by atomic mass is 9.84. The second kappa shape index (κ2) is 5.67. The third-order valence-corrected chi connectivity index (χ3v) is 4.10. The van der Waals surface area contributed by atoms with E-state index in [2.05, 4.69) is 17.6 Å². The van der Waals surface area contributed by atoms with E-state index in [0.29, 0.717) is 12.0 Å². The van der Waals surface area contributed by atoms with Gasteiger partial charge in [0.25, 0.3) is 0 Å². The highest BCUT2D eigenvalue weighted by Crippen LogP contribution is 2.26. The maximum Gasteiger partial charge on any atom is 0.237 e. The van der Waals surface area contributed by atoms with E-state index in [1.54, 1.807) is 0 Å². The van der Waals surface area contributed by atoms with E-state index in [1.807, 2.05) is 0 Å². The van der Waals surface area contributed by atoms with Crippen LogP contribution in [0.15, 0.2) is 0 Å². The molecule has 0 radical (unpaired) electrons. The van der Waals surface area contributed by atoms with Gasteiger partial charge in [-0.3, -0.25) is 4.79 Å². The fourth-order valence-corrected chi connectivity index (χ4v) is 2.99. The Labute approximate surface area is 98.4 Å². The summed E-state index contributed by atoms with van der Waals surface area (Å²) in [5.74, 6) is 0.926.